The molecule has 1 amide bonds. The minimum absolute atomic E-state index is 0.160. The highest BCUT2D eigenvalue weighted by Crippen LogP contribution is 2.18. The zero-order valence-corrected chi connectivity index (χ0v) is 15.3. The summed E-state index contributed by atoms with van der Waals surface area (Å²) in [6.45, 7) is 2.79. The number of pyridine rings is 2. The third-order valence-corrected chi connectivity index (χ3v) is 4.27. The van der Waals surface area contributed by atoms with E-state index < -0.39 is 0 Å². The Morgan fingerprint density at radius 3 is 2.64 bits per heavy atom. The van der Waals surface area contributed by atoms with Crippen molar-refractivity contribution < 1.29 is 4.79 Å². The summed E-state index contributed by atoms with van der Waals surface area (Å²) in [5.41, 5.74) is 7.87. The first kappa shape index (κ1) is 17.7. The molecule has 3 aromatic rings. The lowest BCUT2D eigenvalue weighted by molar-refractivity contribution is -0.117. The van der Waals surface area contributed by atoms with E-state index in [-0.39, 0.29) is 12.5 Å². The molecule has 28 heavy (non-hydrogen) atoms. The molecule has 0 radical (unpaired) electrons. The van der Waals surface area contributed by atoms with Gasteiger partial charge in [0.2, 0.25) is 5.91 Å². The first-order chi connectivity index (χ1) is 13.7. The van der Waals surface area contributed by atoms with Gasteiger partial charge in [0.25, 0.3) is 0 Å². The van der Waals surface area contributed by atoms with Gasteiger partial charge in [0.1, 0.15) is 12.4 Å². The number of amides is 1. The number of carbonyl (C=O) groups excluding carboxylic acids is 1. The summed E-state index contributed by atoms with van der Waals surface area (Å²) >= 11 is 0. The van der Waals surface area contributed by atoms with Crippen molar-refractivity contribution in [1.82, 2.24) is 30.4 Å². The number of hydrogen-bond acceptors (Lipinski definition) is 7. The van der Waals surface area contributed by atoms with Crippen molar-refractivity contribution in [3.63, 3.8) is 0 Å². The highest BCUT2D eigenvalue weighted by Gasteiger charge is 2.16. The largest absolute Gasteiger partial charge is 0.309 e. The zero-order valence-electron chi connectivity index (χ0n) is 15.3. The molecule has 8 nitrogen and oxygen atoms in total. The fraction of sp³-hybridized carbons (Fsp3) is 0.150. The SMILES string of the molecule is Cc1ccc(C2=CN(CC(=O)Nc3ccc(-c4cnccn4)cn3)NC2)cn1. The van der Waals surface area contributed by atoms with Crippen LogP contribution in [0.15, 0.2) is 61.4 Å². The van der Waals surface area contributed by atoms with Crippen molar-refractivity contribution in [1.29, 1.82) is 0 Å². The van der Waals surface area contributed by atoms with E-state index in [0.29, 0.717) is 12.4 Å². The maximum atomic E-state index is 12.3. The van der Waals surface area contributed by atoms with Crippen molar-refractivity contribution in [2.45, 2.75) is 6.92 Å². The van der Waals surface area contributed by atoms with Gasteiger partial charge in [-0.25, -0.2) is 10.4 Å². The number of rotatable bonds is 5. The average molecular weight is 373 g/mol. The Balaban J connectivity index is 1.35. The van der Waals surface area contributed by atoms with E-state index >= 15 is 0 Å². The molecule has 4 heterocycles. The fourth-order valence-corrected chi connectivity index (χ4v) is 2.81. The Morgan fingerprint density at radius 1 is 1.07 bits per heavy atom. The van der Waals surface area contributed by atoms with Crippen LogP contribution in [0.5, 0.6) is 0 Å². The van der Waals surface area contributed by atoms with Crippen molar-refractivity contribution >= 4 is 17.3 Å². The number of hydrazine groups is 1. The second-order valence-corrected chi connectivity index (χ2v) is 6.38. The summed E-state index contributed by atoms with van der Waals surface area (Å²) in [4.78, 5) is 29.2. The predicted octanol–water partition coefficient (Wildman–Crippen LogP) is 2.04. The molecule has 0 bridgehead atoms. The number of aromatic nitrogens is 4. The molecule has 3 aromatic heterocycles. The summed E-state index contributed by atoms with van der Waals surface area (Å²) < 4.78 is 0. The summed E-state index contributed by atoms with van der Waals surface area (Å²) in [6, 6.07) is 7.60. The van der Waals surface area contributed by atoms with Gasteiger partial charge < -0.3 is 10.3 Å². The van der Waals surface area contributed by atoms with Crippen LogP contribution < -0.4 is 10.7 Å². The highest BCUT2D eigenvalue weighted by molar-refractivity contribution is 5.91. The molecule has 0 saturated heterocycles. The molecule has 2 N–H and O–H groups in total. The molecule has 0 unspecified atom stereocenters. The number of carbonyl (C=O) groups is 1. The minimum atomic E-state index is -0.160. The van der Waals surface area contributed by atoms with Gasteiger partial charge in [-0.1, -0.05) is 6.07 Å². The molecule has 140 valence electrons. The van der Waals surface area contributed by atoms with E-state index in [4.69, 9.17) is 0 Å². The molecule has 0 atom stereocenters. The summed E-state index contributed by atoms with van der Waals surface area (Å²) in [6.07, 6.45) is 10.3. The van der Waals surface area contributed by atoms with Crippen LogP contribution in [0.1, 0.15) is 11.3 Å². The van der Waals surface area contributed by atoms with Crippen LogP contribution in [-0.2, 0) is 4.79 Å². The topological polar surface area (TPSA) is 95.9 Å². The highest BCUT2D eigenvalue weighted by atomic mass is 16.2. The molecule has 0 aliphatic carbocycles. The number of anilines is 1. The smallest absolute Gasteiger partial charge is 0.246 e. The molecule has 0 spiro atoms. The summed E-state index contributed by atoms with van der Waals surface area (Å²) in [5.74, 6) is 0.329. The van der Waals surface area contributed by atoms with E-state index in [9.17, 15) is 4.79 Å². The zero-order chi connectivity index (χ0) is 19.3. The molecule has 0 aromatic carbocycles. The Morgan fingerprint density at radius 2 is 1.93 bits per heavy atom. The first-order valence-electron chi connectivity index (χ1n) is 8.83. The van der Waals surface area contributed by atoms with Gasteiger partial charge in [-0.2, -0.15) is 0 Å². The van der Waals surface area contributed by atoms with Crippen LogP contribution in [0, 0.1) is 6.92 Å². The molecule has 4 rings (SSSR count). The first-order valence-corrected chi connectivity index (χ1v) is 8.83. The molecule has 1 aliphatic heterocycles. The van der Waals surface area contributed by atoms with Crippen molar-refractivity contribution in [2.24, 2.45) is 0 Å². The standard InChI is InChI=1S/C20H19N7O/c1-14-2-3-15(8-23-14)17-10-25-27(12-17)13-20(28)26-19-5-4-16(9-24-19)18-11-21-6-7-22-18/h2-9,11-12,25H,10,13H2,1H3,(H,24,26,28). The van der Waals surface area contributed by atoms with Crippen LogP contribution in [-0.4, -0.2) is 43.9 Å². The van der Waals surface area contributed by atoms with E-state index in [1.54, 1.807) is 35.9 Å². The third-order valence-electron chi connectivity index (χ3n) is 4.27. The predicted molar refractivity (Wildman–Crippen MR) is 106 cm³/mol. The third kappa shape index (κ3) is 4.18. The number of hydrogen-bond donors (Lipinski definition) is 2. The van der Waals surface area contributed by atoms with Crippen molar-refractivity contribution in [3.8, 4) is 11.3 Å². The lowest BCUT2D eigenvalue weighted by Gasteiger charge is -2.15. The Kier molecular flexibility index (Phi) is 5.03. The van der Waals surface area contributed by atoms with Crippen molar-refractivity contribution in [3.05, 3.63) is 72.7 Å². The van der Waals surface area contributed by atoms with Crippen molar-refractivity contribution in [2.75, 3.05) is 18.4 Å². The Labute approximate surface area is 162 Å². The number of nitrogens with zero attached hydrogens (tertiary/aromatic N) is 5. The molecule has 1 aliphatic rings. The van der Waals surface area contributed by atoms with Gasteiger partial charge in [-0.3, -0.25) is 19.7 Å². The molecular formula is C20H19N7O. The van der Waals surface area contributed by atoms with Gasteiger partial charge in [0, 0.05) is 48.8 Å². The van der Waals surface area contributed by atoms with Gasteiger partial charge in [0.15, 0.2) is 0 Å². The Hall–Kier alpha value is -3.65. The van der Waals surface area contributed by atoms with Gasteiger partial charge in [0.05, 0.1) is 11.9 Å². The average Bonchev–Trinajstić information content (AvgIpc) is 3.18. The normalized spacial score (nSPS) is 13.3. The maximum Gasteiger partial charge on any atom is 0.246 e. The van der Waals surface area contributed by atoms with Gasteiger partial charge in [-0.15, -0.1) is 0 Å². The van der Waals surface area contributed by atoms with Gasteiger partial charge >= 0.3 is 0 Å². The number of nitrogens with one attached hydrogen (secondary N) is 2. The van der Waals surface area contributed by atoms with E-state index in [2.05, 4.69) is 30.7 Å². The van der Waals surface area contributed by atoms with Gasteiger partial charge in [-0.05, 0) is 36.3 Å². The molecular weight excluding hydrogens is 354 g/mol. The van der Waals surface area contributed by atoms with E-state index in [1.807, 2.05) is 37.5 Å². The second-order valence-electron chi connectivity index (χ2n) is 6.38. The molecule has 0 fully saturated rings. The van der Waals surface area contributed by atoms with Crippen LogP contribution in [0.2, 0.25) is 0 Å². The van der Waals surface area contributed by atoms with Crippen LogP contribution in [0.4, 0.5) is 5.82 Å². The second kappa shape index (κ2) is 7.93. The van der Waals surface area contributed by atoms with E-state index in [0.717, 1.165) is 28.1 Å². The fourth-order valence-electron chi connectivity index (χ4n) is 2.81. The molecule has 0 saturated carbocycles. The van der Waals surface area contributed by atoms with E-state index in [1.165, 1.54) is 0 Å². The monoisotopic (exact) mass is 373 g/mol. The lowest BCUT2D eigenvalue weighted by Crippen LogP contribution is -2.36. The molecule has 8 heteroatoms. The quantitative estimate of drug-likeness (QED) is 0.706. The minimum Gasteiger partial charge on any atom is -0.309 e. The van der Waals surface area contributed by atoms with Crippen LogP contribution in [0.3, 0.4) is 0 Å². The lowest BCUT2D eigenvalue weighted by atomic mass is 10.1. The number of aryl methyl sites for hydroxylation is 1. The van der Waals surface area contributed by atoms with Crippen LogP contribution in [0.25, 0.3) is 16.8 Å². The maximum absolute atomic E-state index is 12.3. The Bertz CT molecular complexity index is 985. The summed E-state index contributed by atoms with van der Waals surface area (Å²) in [7, 11) is 0. The summed E-state index contributed by atoms with van der Waals surface area (Å²) in [5, 5.41) is 4.56. The van der Waals surface area contributed by atoms with Crippen LogP contribution >= 0.6 is 0 Å².